The van der Waals surface area contributed by atoms with Crippen molar-refractivity contribution >= 4 is 0 Å². The van der Waals surface area contributed by atoms with Gasteiger partial charge in [-0.05, 0) is 79.9 Å². The molecule has 0 atom stereocenters. The van der Waals surface area contributed by atoms with Gasteiger partial charge in [0.05, 0.1) is 0 Å². The van der Waals surface area contributed by atoms with Crippen LogP contribution < -0.4 is 4.74 Å². The smallest absolute Gasteiger partial charge is 0.403 e. The molecule has 1 aromatic carbocycles. The van der Waals surface area contributed by atoms with Gasteiger partial charge in [-0.2, -0.15) is 4.39 Å². The molecule has 0 aromatic heterocycles. The van der Waals surface area contributed by atoms with Gasteiger partial charge in [-0.15, -0.1) is 13.2 Å². The Labute approximate surface area is 163 Å². The molecule has 0 saturated heterocycles. The quantitative estimate of drug-likeness (QED) is 0.456. The molecule has 2 aliphatic carbocycles. The van der Waals surface area contributed by atoms with Crippen molar-refractivity contribution in [1.29, 1.82) is 0 Å². The van der Waals surface area contributed by atoms with Crippen LogP contribution in [0.3, 0.4) is 0 Å². The lowest BCUT2D eigenvalue weighted by Crippen LogP contribution is -2.25. The van der Waals surface area contributed by atoms with Crippen molar-refractivity contribution in [2.24, 2.45) is 17.8 Å². The molecule has 6 heteroatoms. The Morgan fingerprint density at radius 1 is 0.893 bits per heavy atom. The van der Waals surface area contributed by atoms with Gasteiger partial charge in [0.15, 0.2) is 11.6 Å². The van der Waals surface area contributed by atoms with E-state index in [0.717, 1.165) is 49.7 Å². The molecule has 0 bridgehead atoms. The lowest BCUT2D eigenvalue weighted by atomic mass is 9.68. The molecule has 3 rings (SSSR count). The molecule has 2 saturated carbocycles. The first-order valence-corrected chi connectivity index (χ1v) is 10.5. The van der Waals surface area contributed by atoms with Crippen LogP contribution in [-0.4, -0.2) is 6.36 Å². The first-order valence-electron chi connectivity index (χ1n) is 10.5. The first kappa shape index (κ1) is 21.4. The summed E-state index contributed by atoms with van der Waals surface area (Å²) in [5, 5.41) is 0. The van der Waals surface area contributed by atoms with Crippen LogP contribution in [0.5, 0.6) is 5.75 Å². The summed E-state index contributed by atoms with van der Waals surface area (Å²) in [6.07, 6.45) is 6.28. The Morgan fingerprint density at radius 2 is 1.46 bits per heavy atom. The van der Waals surface area contributed by atoms with Crippen LogP contribution in [0.4, 0.5) is 22.0 Å². The predicted molar refractivity (Wildman–Crippen MR) is 98.1 cm³/mol. The molecule has 0 spiro atoms. The summed E-state index contributed by atoms with van der Waals surface area (Å²) in [4.78, 5) is 0. The summed E-state index contributed by atoms with van der Waals surface area (Å²) in [6, 6.07) is 2.05. The van der Waals surface area contributed by atoms with E-state index in [9.17, 15) is 22.0 Å². The molecule has 2 aliphatic rings. The number of halogens is 5. The van der Waals surface area contributed by atoms with E-state index >= 15 is 0 Å². The number of hydrogen-bond donors (Lipinski definition) is 0. The van der Waals surface area contributed by atoms with E-state index < -0.39 is 23.7 Å². The Kier molecular flexibility index (Phi) is 6.87. The molecule has 1 nitrogen and oxygen atoms in total. The third-order valence-electron chi connectivity index (χ3n) is 6.74. The number of rotatable bonds is 5. The lowest BCUT2D eigenvalue weighted by molar-refractivity contribution is -0.275. The van der Waals surface area contributed by atoms with Crippen molar-refractivity contribution in [3.8, 4) is 5.75 Å². The number of benzene rings is 1. The standard InChI is InChI=1S/C22H29F5O/c1-2-3-14-4-6-15(7-5-14)16-8-10-17(11-9-16)18-12-19(23)21(24)20(13-18)28-22(25,26)27/h12-17H,2-11H2,1H3. The number of alkyl halides is 3. The van der Waals surface area contributed by atoms with Gasteiger partial charge in [-0.1, -0.05) is 32.6 Å². The summed E-state index contributed by atoms with van der Waals surface area (Å²) in [7, 11) is 0. The highest BCUT2D eigenvalue weighted by atomic mass is 19.4. The molecule has 0 amide bonds. The number of ether oxygens (including phenoxy) is 1. The molecule has 28 heavy (non-hydrogen) atoms. The summed E-state index contributed by atoms with van der Waals surface area (Å²) < 4.78 is 68.5. The predicted octanol–water partition coefficient (Wildman–Crippen LogP) is 7.74. The highest BCUT2D eigenvalue weighted by molar-refractivity contribution is 5.34. The molecule has 158 valence electrons. The molecular weight excluding hydrogens is 375 g/mol. The van der Waals surface area contributed by atoms with E-state index in [4.69, 9.17) is 0 Å². The molecule has 0 N–H and O–H groups in total. The van der Waals surface area contributed by atoms with E-state index in [0.29, 0.717) is 11.5 Å². The van der Waals surface area contributed by atoms with Crippen molar-refractivity contribution in [3.63, 3.8) is 0 Å². The van der Waals surface area contributed by atoms with Crippen LogP contribution >= 0.6 is 0 Å². The Bertz CT molecular complexity index is 641. The van der Waals surface area contributed by atoms with Crippen LogP contribution in [0.2, 0.25) is 0 Å². The lowest BCUT2D eigenvalue weighted by Gasteiger charge is -2.38. The summed E-state index contributed by atoms with van der Waals surface area (Å²) in [5.41, 5.74) is 0.406. The number of hydrogen-bond acceptors (Lipinski definition) is 1. The zero-order valence-corrected chi connectivity index (χ0v) is 16.3. The SMILES string of the molecule is CCCC1CCC(C2CCC(c3cc(F)c(F)c(OC(F)(F)F)c3)CC2)CC1. The second kappa shape index (κ2) is 9.00. The monoisotopic (exact) mass is 404 g/mol. The molecule has 1 aromatic rings. The van der Waals surface area contributed by atoms with Crippen molar-refractivity contribution < 1.29 is 26.7 Å². The van der Waals surface area contributed by atoms with Crippen LogP contribution in [0.15, 0.2) is 12.1 Å². The topological polar surface area (TPSA) is 9.23 Å². The van der Waals surface area contributed by atoms with Crippen molar-refractivity contribution in [2.45, 2.75) is 83.4 Å². The minimum Gasteiger partial charge on any atom is -0.403 e. The highest BCUT2D eigenvalue weighted by Crippen LogP contribution is 2.45. The van der Waals surface area contributed by atoms with E-state index in [2.05, 4.69) is 11.7 Å². The Hall–Kier alpha value is -1.33. The van der Waals surface area contributed by atoms with E-state index in [1.165, 1.54) is 38.5 Å². The zero-order valence-electron chi connectivity index (χ0n) is 16.3. The zero-order chi connectivity index (χ0) is 20.3. The fraction of sp³-hybridized carbons (Fsp3) is 0.727. The van der Waals surface area contributed by atoms with Gasteiger partial charge in [0.25, 0.3) is 0 Å². The van der Waals surface area contributed by atoms with Crippen molar-refractivity contribution in [1.82, 2.24) is 0 Å². The minimum atomic E-state index is -5.04. The molecule has 0 heterocycles. The second-order valence-electron chi connectivity index (χ2n) is 8.54. The minimum absolute atomic E-state index is 0.0432. The summed E-state index contributed by atoms with van der Waals surface area (Å²) in [6.45, 7) is 2.23. The molecule has 2 fully saturated rings. The van der Waals surface area contributed by atoms with Gasteiger partial charge in [0.1, 0.15) is 0 Å². The van der Waals surface area contributed by atoms with Gasteiger partial charge in [-0.25, -0.2) is 4.39 Å². The normalized spacial score (nSPS) is 28.9. The van der Waals surface area contributed by atoms with Gasteiger partial charge < -0.3 is 4.74 Å². The van der Waals surface area contributed by atoms with Crippen molar-refractivity contribution in [2.75, 3.05) is 0 Å². The highest BCUT2D eigenvalue weighted by Gasteiger charge is 2.35. The second-order valence-corrected chi connectivity index (χ2v) is 8.54. The average molecular weight is 404 g/mol. The van der Waals surface area contributed by atoms with Gasteiger partial charge in [-0.3, -0.25) is 0 Å². The average Bonchev–Trinajstić information content (AvgIpc) is 2.65. The van der Waals surface area contributed by atoms with E-state index in [1.807, 2.05) is 0 Å². The van der Waals surface area contributed by atoms with E-state index in [1.54, 1.807) is 0 Å². The maximum Gasteiger partial charge on any atom is 0.573 e. The van der Waals surface area contributed by atoms with Crippen LogP contribution in [0, 0.1) is 29.4 Å². The molecule has 0 unspecified atom stereocenters. The largest absolute Gasteiger partial charge is 0.573 e. The van der Waals surface area contributed by atoms with Gasteiger partial charge in [0.2, 0.25) is 5.82 Å². The fourth-order valence-electron chi connectivity index (χ4n) is 5.30. The van der Waals surface area contributed by atoms with Crippen LogP contribution in [0.1, 0.15) is 82.6 Å². The molecule has 0 aliphatic heterocycles. The molecule has 0 radical (unpaired) electrons. The Balaban J connectivity index is 1.59. The first-order chi connectivity index (χ1) is 13.3. The third kappa shape index (κ3) is 5.38. The maximum absolute atomic E-state index is 13.8. The molecular formula is C22H29F5O. The van der Waals surface area contributed by atoms with Crippen LogP contribution in [0.25, 0.3) is 0 Å². The maximum atomic E-state index is 13.8. The van der Waals surface area contributed by atoms with Gasteiger partial charge >= 0.3 is 6.36 Å². The third-order valence-corrected chi connectivity index (χ3v) is 6.74. The summed E-state index contributed by atoms with van der Waals surface area (Å²) >= 11 is 0. The van der Waals surface area contributed by atoms with E-state index in [-0.39, 0.29) is 5.92 Å². The van der Waals surface area contributed by atoms with Gasteiger partial charge in [0, 0.05) is 0 Å². The van der Waals surface area contributed by atoms with Crippen LogP contribution in [-0.2, 0) is 0 Å². The van der Waals surface area contributed by atoms with Crippen molar-refractivity contribution in [3.05, 3.63) is 29.3 Å². The summed E-state index contributed by atoms with van der Waals surface area (Å²) in [5.74, 6) is -1.73. The fourth-order valence-corrected chi connectivity index (χ4v) is 5.30. The Morgan fingerprint density at radius 3 is 2.00 bits per heavy atom.